The third-order valence-electron chi connectivity index (χ3n) is 3.78. The highest BCUT2D eigenvalue weighted by Crippen LogP contribution is 2.09. The molecule has 1 unspecified atom stereocenters. The average molecular weight is 446 g/mol. The molecule has 2 aromatic heterocycles. The summed E-state index contributed by atoms with van der Waals surface area (Å²) in [5.41, 5.74) is 1.49. The lowest BCUT2D eigenvalue weighted by Gasteiger charge is -2.12. The normalized spacial score (nSPS) is 10.4. The van der Waals surface area contributed by atoms with Crippen LogP contribution in [0.5, 0.6) is 0 Å². The Morgan fingerprint density at radius 3 is 2.56 bits per heavy atom. The van der Waals surface area contributed by atoms with Crippen molar-refractivity contribution in [3.05, 3.63) is 24.2 Å². The maximum Gasteiger partial charge on any atom is 0.308 e. The van der Waals surface area contributed by atoms with Gasteiger partial charge in [0.1, 0.15) is 11.9 Å². The number of carbonyl (C=O) groups is 3. The van der Waals surface area contributed by atoms with Crippen molar-refractivity contribution in [2.75, 3.05) is 13.2 Å². The van der Waals surface area contributed by atoms with Gasteiger partial charge in [-0.2, -0.15) is 0 Å². The lowest BCUT2D eigenvalue weighted by Crippen LogP contribution is -2.42. The summed E-state index contributed by atoms with van der Waals surface area (Å²) in [7, 11) is 0. The van der Waals surface area contributed by atoms with Gasteiger partial charge in [0.25, 0.3) is 0 Å². The monoisotopic (exact) mass is 445 g/mol. The van der Waals surface area contributed by atoms with E-state index in [1.54, 1.807) is 13.1 Å². The van der Waals surface area contributed by atoms with Crippen LogP contribution in [-0.4, -0.2) is 51.9 Å². The van der Waals surface area contributed by atoms with Gasteiger partial charge in [-0.1, -0.05) is 33.6 Å². The van der Waals surface area contributed by atoms with E-state index in [9.17, 15) is 14.4 Å². The maximum absolute atomic E-state index is 11.9. The summed E-state index contributed by atoms with van der Waals surface area (Å²) in [4.78, 5) is 46.8. The molecule has 2 rings (SSSR count). The Morgan fingerprint density at radius 2 is 1.94 bits per heavy atom. The largest absolute Gasteiger partial charge is 0.466 e. The molecule has 0 saturated carbocycles. The molecule has 0 fully saturated rings. The first-order chi connectivity index (χ1) is 15.5. The Kier molecular flexibility index (Phi) is 15.4. The highest BCUT2D eigenvalue weighted by atomic mass is 16.5. The lowest BCUT2D eigenvalue weighted by atomic mass is 10.2. The molecule has 0 spiro atoms. The van der Waals surface area contributed by atoms with Gasteiger partial charge in [-0.05, 0) is 25.5 Å². The van der Waals surface area contributed by atoms with E-state index >= 15 is 0 Å². The van der Waals surface area contributed by atoms with Gasteiger partial charge in [-0.25, -0.2) is 9.97 Å². The van der Waals surface area contributed by atoms with Crippen molar-refractivity contribution in [2.45, 2.75) is 66.3 Å². The van der Waals surface area contributed by atoms with Crippen molar-refractivity contribution in [3.8, 4) is 12.3 Å². The smallest absolute Gasteiger partial charge is 0.308 e. The summed E-state index contributed by atoms with van der Waals surface area (Å²) >= 11 is 0. The van der Waals surface area contributed by atoms with Crippen LogP contribution in [0.25, 0.3) is 11.2 Å². The maximum atomic E-state index is 11.9. The lowest BCUT2D eigenvalue weighted by molar-refractivity contribution is -0.143. The van der Waals surface area contributed by atoms with Gasteiger partial charge in [-0.15, -0.1) is 6.42 Å². The number of ether oxygens (including phenoxy) is 1. The summed E-state index contributed by atoms with van der Waals surface area (Å²) in [6.07, 6.45) is 8.27. The van der Waals surface area contributed by atoms with E-state index in [0.717, 1.165) is 11.3 Å². The van der Waals surface area contributed by atoms with Crippen LogP contribution in [0.15, 0.2) is 18.3 Å². The molecule has 0 aliphatic heterocycles. The zero-order valence-electron chi connectivity index (χ0n) is 19.7. The van der Waals surface area contributed by atoms with Crippen LogP contribution in [0.4, 0.5) is 0 Å². The van der Waals surface area contributed by atoms with E-state index in [4.69, 9.17) is 11.2 Å². The number of nitrogens with one attached hydrogen (secondary N) is 3. The number of esters is 1. The number of amides is 2. The molecule has 0 aromatic carbocycles. The second-order valence-corrected chi connectivity index (χ2v) is 5.98. The first-order valence-electron chi connectivity index (χ1n) is 11.0. The first-order valence-corrected chi connectivity index (χ1v) is 11.0. The molecule has 0 saturated heterocycles. The minimum atomic E-state index is -0.773. The molecule has 0 aliphatic carbocycles. The number of terminal acetylenes is 1. The first kappa shape index (κ1) is 28.6. The Labute approximate surface area is 190 Å². The molecule has 0 bridgehead atoms. The number of aryl methyl sites for hydroxylation is 1. The number of nitrogens with zero attached hydrogens (tertiary/aromatic N) is 2. The molecular weight excluding hydrogens is 410 g/mol. The SMILES string of the molecule is C#CC(CC(=O)OCC)NC(=O)CNC(=O)CCCc1nc2ncccc2[nH]1.CC.CC. The standard InChI is InChI=1S/C19H23N5O4.2C2H6/c1-3-13(11-18(27)28-4-2)22-17(26)12-21-16(25)9-5-8-15-23-14-7-6-10-20-19(14)24-15;2*1-2/h1,6-7,10,13H,4-5,8-9,11-12H2,2H3,(H,21,25)(H,22,26)(H,20,23,24);2*1-2H3. The molecule has 9 heteroatoms. The Balaban J connectivity index is 0.00000227. The van der Waals surface area contributed by atoms with Gasteiger partial charge < -0.3 is 20.4 Å². The van der Waals surface area contributed by atoms with E-state index in [1.807, 2.05) is 39.8 Å². The van der Waals surface area contributed by atoms with Gasteiger partial charge in [0, 0.05) is 19.0 Å². The number of carbonyl (C=O) groups excluding carboxylic acids is 3. The number of H-pyrrole nitrogens is 1. The fraction of sp³-hybridized carbons (Fsp3) is 0.522. The second kappa shape index (κ2) is 17.3. The van der Waals surface area contributed by atoms with E-state index in [0.29, 0.717) is 18.5 Å². The predicted molar refractivity (Wildman–Crippen MR) is 125 cm³/mol. The number of hydrogen-bond donors (Lipinski definition) is 3. The number of rotatable bonds is 10. The Morgan fingerprint density at radius 1 is 1.22 bits per heavy atom. The van der Waals surface area contributed by atoms with Crippen molar-refractivity contribution >= 4 is 28.9 Å². The van der Waals surface area contributed by atoms with Crippen LogP contribution < -0.4 is 10.6 Å². The van der Waals surface area contributed by atoms with Gasteiger partial charge in [0.05, 0.1) is 25.1 Å². The topological polar surface area (TPSA) is 126 Å². The zero-order chi connectivity index (χ0) is 24.4. The molecule has 32 heavy (non-hydrogen) atoms. The molecule has 3 N–H and O–H groups in total. The number of pyridine rings is 1. The quantitative estimate of drug-likeness (QED) is 0.381. The van der Waals surface area contributed by atoms with Crippen molar-refractivity contribution in [1.29, 1.82) is 0 Å². The molecule has 2 amide bonds. The fourth-order valence-corrected chi connectivity index (χ4v) is 2.48. The summed E-state index contributed by atoms with van der Waals surface area (Å²) in [5.74, 6) is 1.86. The van der Waals surface area contributed by atoms with Gasteiger partial charge >= 0.3 is 5.97 Å². The summed E-state index contributed by atoms with van der Waals surface area (Å²) in [6, 6.07) is 2.93. The van der Waals surface area contributed by atoms with Crippen LogP contribution in [-0.2, 0) is 25.5 Å². The summed E-state index contributed by atoms with van der Waals surface area (Å²) < 4.78 is 4.79. The number of aromatic amines is 1. The summed E-state index contributed by atoms with van der Waals surface area (Å²) in [5, 5.41) is 5.02. The molecule has 1 atom stereocenters. The Bertz CT molecular complexity index is 840. The van der Waals surface area contributed by atoms with Crippen molar-refractivity contribution in [2.24, 2.45) is 0 Å². The van der Waals surface area contributed by atoms with Crippen LogP contribution in [0.2, 0.25) is 0 Å². The Hall–Kier alpha value is -3.41. The van der Waals surface area contributed by atoms with E-state index in [2.05, 4.69) is 31.5 Å². The highest BCUT2D eigenvalue weighted by molar-refractivity contribution is 5.85. The van der Waals surface area contributed by atoms with Crippen molar-refractivity contribution in [3.63, 3.8) is 0 Å². The van der Waals surface area contributed by atoms with Crippen molar-refractivity contribution in [1.82, 2.24) is 25.6 Å². The zero-order valence-corrected chi connectivity index (χ0v) is 19.7. The van der Waals surface area contributed by atoms with Gasteiger partial charge in [-0.3, -0.25) is 14.4 Å². The van der Waals surface area contributed by atoms with Gasteiger partial charge in [0.15, 0.2) is 5.65 Å². The van der Waals surface area contributed by atoms with Gasteiger partial charge in [0.2, 0.25) is 11.8 Å². The van der Waals surface area contributed by atoms with Crippen LogP contribution in [0, 0.1) is 12.3 Å². The van der Waals surface area contributed by atoms with E-state index in [-0.39, 0.29) is 31.9 Å². The molecular formula is C23H35N5O4. The fourth-order valence-electron chi connectivity index (χ4n) is 2.48. The molecule has 0 aliphatic rings. The number of aromatic nitrogens is 3. The van der Waals surface area contributed by atoms with Crippen LogP contribution >= 0.6 is 0 Å². The minimum Gasteiger partial charge on any atom is -0.466 e. The molecule has 2 heterocycles. The minimum absolute atomic E-state index is 0.115. The van der Waals surface area contributed by atoms with Crippen LogP contribution in [0.1, 0.15) is 59.7 Å². The second-order valence-electron chi connectivity index (χ2n) is 5.98. The third-order valence-corrected chi connectivity index (χ3v) is 3.78. The number of hydrogen-bond acceptors (Lipinski definition) is 6. The molecule has 176 valence electrons. The summed E-state index contributed by atoms with van der Waals surface area (Å²) in [6.45, 7) is 9.71. The molecule has 2 aromatic rings. The number of imidazole rings is 1. The average Bonchev–Trinajstić information content (AvgIpc) is 3.23. The van der Waals surface area contributed by atoms with E-state index < -0.39 is 17.9 Å². The van der Waals surface area contributed by atoms with E-state index in [1.165, 1.54) is 0 Å². The number of fused-ring (bicyclic) bond motifs is 1. The molecule has 0 radical (unpaired) electrons. The van der Waals surface area contributed by atoms with Crippen molar-refractivity contribution < 1.29 is 19.1 Å². The molecule has 9 nitrogen and oxygen atoms in total. The van der Waals surface area contributed by atoms with Crippen LogP contribution in [0.3, 0.4) is 0 Å². The third kappa shape index (κ3) is 11.1. The predicted octanol–water partition coefficient (Wildman–Crippen LogP) is 2.52. The highest BCUT2D eigenvalue weighted by Gasteiger charge is 2.15.